The Hall–Kier alpha value is -3.02. The Morgan fingerprint density at radius 3 is 2.67 bits per heavy atom. The van der Waals surface area contributed by atoms with E-state index in [4.69, 9.17) is 0 Å². The van der Waals surface area contributed by atoms with Crippen molar-refractivity contribution in [3.63, 3.8) is 0 Å². The summed E-state index contributed by atoms with van der Waals surface area (Å²) >= 11 is 0. The van der Waals surface area contributed by atoms with Crippen LogP contribution in [0, 0.1) is 19.7 Å². The monoisotopic (exact) mass is 321 g/mol. The molecule has 0 aliphatic carbocycles. The van der Waals surface area contributed by atoms with Gasteiger partial charge in [-0.3, -0.25) is 4.40 Å². The average Bonchev–Trinajstić information content (AvgIpc) is 3.01. The van der Waals surface area contributed by atoms with Crippen LogP contribution in [0.3, 0.4) is 0 Å². The lowest BCUT2D eigenvalue weighted by Gasteiger charge is -2.21. The molecule has 0 atom stereocenters. The molecule has 24 heavy (non-hydrogen) atoms. The Balaban J connectivity index is 2.00. The summed E-state index contributed by atoms with van der Waals surface area (Å²) in [5.41, 5.74) is 3.71. The van der Waals surface area contributed by atoms with Crippen molar-refractivity contribution in [2.45, 2.75) is 13.8 Å². The van der Waals surface area contributed by atoms with Gasteiger partial charge in [-0.05, 0) is 55.3 Å². The van der Waals surface area contributed by atoms with E-state index in [0.29, 0.717) is 5.78 Å². The van der Waals surface area contributed by atoms with E-state index in [-0.39, 0.29) is 5.82 Å². The molecule has 5 nitrogen and oxygen atoms in total. The van der Waals surface area contributed by atoms with Crippen LogP contribution in [0.25, 0.3) is 16.7 Å². The molecule has 6 heteroatoms. The number of fused-ring (bicyclic) bond motifs is 3. The molecule has 0 amide bonds. The van der Waals surface area contributed by atoms with Crippen molar-refractivity contribution in [3.8, 4) is 0 Å². The molecular formula is C18H16FN5. The Kier molecular flexibility index (Phi) is 3.19. The van der Waals surface area contributed by atoms with Crippen LogP contribution < -0.4 is 4.90 Å². The van der Waals surface area contributed by atoms with Gasteiger partial charge in [0.25, 0.3) is 5.78 Å². The summed E-state index contributed by atoms with van der Waals surface area (Å²) in [6.07, 6.45) is 1.65. The van der Waals surface area contributed by atoms with Gasteiger partial charge in [-0.15, -0.1) is 10.2 Å². The highest BCUT2D eigenvalue weighted by molar-refractivity contribution is 5.93. The lowest BCUT2D eigenvalue weighted by atomic mass is 10.1. The van der Waals surface area contributed by atoms with Gasteiger partial charge < -0.3 is 4.90 Å². The zero-order valence-electron chi connectivity index (χ0n) is 13.7. The van der Waals surface area contributed by atoms with Crippen LogP contribution in [0.15, 0.2) is 42.7 Å². The molecule has 4 rings (SSSR count). The van der Waals surface area contributed by atoms with E-state index in [9.17, 15) is 4.39 Å². The maximum Gasteiger partial charge on any atom is 0.257 e. The number of rotatable bonds is 2. The van der Waals surface area contributed by atoms with Crippen molar-refractivity contribution >= 4 is 28.2 Å². The second-order valence-corrected chi connectivity index (χ2v) is 6.00. The molecule has 0 saturated heterocycles. The SMILES string of the molecule is Cc1cc(F)cc(N(C)c2nc3nncn3c3cc(C)ccc23)c1. The summed E-state index contributed by atoms with van der Waals surface area (Å²) in [6.45, 7) is 3.91. The number of anilines is 2. The van der Waals surface area contributed by atoms with Crippen LogP contribution >= 0.6 is 0 Å². The topological polar surface area (TPSA) is 46.3 Å². The molecule has 0 bridgehead atoms. The van der Waals surface area contributed by atoms with Gasteiger partial charge in [0.05, 0.1) is 5.52 Å². The van der Waals surface area contributed by atoms with Crippen LogP contribution in [-0.4, -0.2) is 26.6 Å². The summed E-state index contributed by atoms with van der Waals surface area (Å²) in [5.74, 6) is 0.971. The van der Waals surface area contributed by atoms with E-state index >= 15 is 0 Å². The van der Waals surface area contributed by atoms with Crippen LogP contribution in [0.1, 0.15) is 11.1 Å². The number of aryl methyl sites for hydroxylation is 2. The summed E-state index contributed by atoms with van der Waals surface area (Å²) in [5, 5.41) is 8.98. The van der Waals surface area contributed by atoms with E-state index in [1.165, 1.54) is 12.1 Å². The van der Waals surface area contributed by atoms with Gasteiger partial charge in [0.15, 0.2) is 0 Å². The lowest BCUT2D eigenvalue weighted by Crippen LogP contribution is -2.13. The molecule has 0 spiro atoms. The first kappa shape index (κ1) is 14.6. The van der Waals surface area contributed by atoms with Crippen molar-refractivity contribution in [2.24, 2.45) is 0 Å². The van der Waals surface area contributed by atoms with Gasteiger partial charge in [0.1, 0.15) is 18.0 Å². The van der Waals surface area contributed by atoms with Gasteiger partial charge in [0.2, 0.25) is 0 Å². The van der Waals surface area contributed by atoms with Crippen LogP contribution in [0.4, 0.5) is 15.9 Å². The Morgan fingerprint density at radius 1 is 1.04 bits per heavy atom. The third-order valence-electron chi connectivity index (χ3n) is 4.12. The largest absolute Gasteiger partial charge is 0.329 e. The number of aromatic nitrogens is 4. The normalized spacial score (nSPS) is 11.3. The molecule has 0 aliphatic rings. The van der Waals surface area contributed by atoms with Gasteiger partial charge >= 0.3 is 0 Å². The predicted octanol–water partition coefficient (Wildman–Crippen LogP) is 3.80. The van der Waals surface area contributed by atoms with Gasteiger partial charge in [0, 0.05) is 18.1 Å². The maximum atomic E-state index is 13.8. The van der Waals surface area contributed by atoms with Crippen molar-refractivity contribution in [1.82, 2.24) is 19.6 Å². The van der Waals surface area contributed by atoms with Crippen LogP contribution in [0.2, 0.25) is 0 Å². The fraction of sp³-hybridized carbons (Fsp3) is 0.167. The van der Waals surface area contributed by atoms with Crippen molar-refractivity contribution in [1.29, 1.82) is 0 Å². The predicted molar refractivity (Wildman–Crippen MR) is 92.2 cm³/mol. The average molecular weight is 321 g/mol. The molecule has 0 fully saturated rings. The fourth-order valence-electron chi connectivity index (χ4n) is 2.95. The molecule has 2 aromatic heterocycles. The number of hydrogen-bond acceptors (Lipinski definition) is 4. The van der Waals surface area contributed by atoms with Gasteiger partial charge in [-0.1, -0.05) is 6.07 Å². The molecule has 0 unspecified atom stereocenters. The second-order valence-electron chi connectivity index (χ2n) is 6.00. The zero-order valence-corrected chi connectivity index (χ0v) is 13.7. The smallest absolute Gasteiger partial charge is 0.257 e. The molecule has 0 radical (unpaired) electrons. The summed E-state index contributed by atoms with van der Waals surface area (Å²) in [6, 6.07) is 11.1. The van der Waals surface area contributed by atoms with Crippen LogP contribution in [-0.2, 0) is 0 Å². The Morgan fingerprint density at radius 2 is 1.88 bits per heavy atom. The van der Waals surface area contributed by atoms with E-state index in [1.54, 1.807) is 6.33 Å². The number of halogens is 1. The van der Waals surface area contributed by atoms with Crippen molar-refractivity contribution < 1.29 is 4.39 Å². The quantitative estimate of drug-likeness (QED) is 0.563. The number of hydrogen-bond donors (Lipinski definition) is 0. The molecule has 4 aromatic rings. The lowest BCUT2D eigenvalue weighted by molar-refractivity contribution is 0.626. The summed E-state index contributed by atoms with van der Waals surface area (Å²) in [4.78, 5) is 6.50. The Bertz CT molecular complexity index is 1050. The molecule has 0 N–H and O–H groups in total. The van der Waals surface area contributed by atoms with Crippen LogP contribution in [0.5, 0.6) is 0 Å². The fourth-order valence-corrected chi connectivity index (χ4v) is 2.95. The summed E-state index contributed by atoms with van der Waals surface area (Å²) in [7, 11) is 1.88. The maximum absolute atomic E-state index is 13.8. The second kappa shape index (κ2) is 5.26. The highest BCUT2D eigenvalue weighted by atomic mass is 19.1. The molecular weight excluding hydrogens is 305 g/mol. The van der Waals surface area contributed by atoms with E-state index in [1.807, 2.05) is 48.4 Å². The minimum atomic E-state index is -0.263. The molecule has 2 heterocycles. The van der Waals surface area contributed by atoms with Crippen molar-refractivity contribution in [3.05, 3.63) is 59.7 Å². The number of benzene rings is 2. The standard InChI is InChI=1S/C18H16FN5/c1-11-4-5-15-16(8-11)24-10-20-22-18(24)21-17(15)23(3)14-7-12(2)6-13(19)9-14/h4-10H,1-3H3. The van der Waals surface area contributed by atoms with E-state index in [2.05, 4.69) is 21.2 Å². The minimum Gasteiger partial charge on any atom is -0.329 e. The first-order chi connectivity index (χ1) is 11.5. The minimum absolute atomic E-state index is 0.263. The first-order valence-corrected chi connectivity index (χ1v) is 7.64. The third kappa shape index (κ3) is 2.27. The third-order valence-corrected chi connectivity index (χ3v) is 4.12. The van der Waals surface area contributed by atoms with E-state index < -0.39 is 0 Å². The first-order valence-electron chi connectivity index (χ1n) is 7.64. The van der Waals surface area contributed by atoms with E-state index in [0.717, 1.165) is 33.5 Å². The zero-order chi connectivity index (χ0) is 16.8. The highest BCUT2D eigenvalue weighted by Crippen LogP contribution is 2.31. The molecule has 0 aliphatic heterocycles. The molecule has 120 valence electrons. The van der Waals surface area contributed by atoms with Gasteiger partial charge in [-0.2, -0.15) is 4.98 Å². The molecule has 0 saturated carbocycles. The van der Waals surface area contributed by atoms with Gasteiger partial charge in [-0.25, -0.2) is 4.39 Å². The summed E-state index contributed by atoms with van der Waals surface area (Å²) < 4.78 is 15.7. The highest BCUT2D eigenvalue weighted by Gasteiger charge is 2.15. The Labute approximate surface area is 138 Å². The molecule has 2 aromatic carbocycles. The number of nitrogens with zero attached hydrogens (tertiary/aromatic N) is 5. The van der Waals surface area contributed by atoms with Crippen molar-refractivity contribution in [2.75, 3.05) is 11.9 Å².